The number of halogens is 1. The minimum atomic E-state index is -0.847. The van der Waals surface area contributed by atoms with Crippen LogP contribution in [0.5, 0.6) is 0 Å². The van der Waals surface area contributed by atoms with Gasteiger partial charge >= 0.3 is 5.97 Å². The maximum atomic E-state index is 11.0. The predicted octanol–water partition coefficient (Wildman–Crippen LogP) is 2.57. The summed E-state index contributed by atoms with van der Waals surface area (Å²) in [5, 5.41) is 9.03. The lowest BCUT2D eigenvalue weighted by Crippen LogP contribution is -2.29. The topological polar surface area (TPSA) is 69.2 Å². The normalized spacial score (nSPS) is 10.9. The number of carboxylic acids is 1. The van der Waals surface area contributed by atoms with Crippen LogP contribution in [0, 0.1) is 6.92 Å². The van der Waals surface area contributed by atoms with Gasteiger partial charge in [-0.3, -0.25) is 9.69 Å². The van der Waals surface area contributed by atoms with E-state index in [2.05, 4.69) is 25.9 Å². The highest BCUT2D eigenvalue weighted by atomic mass is 79.9. The second-order valence-corrected chi connectivity index (χ2v) is 5.50. The summed E-state index contributed by atoms with van der Waals surface area (Å²) in [6, 6.07) is 7.80. The molecular weight excluding hydrogens is 322 g/mol. The van der Waals surface area contributed by atoms with E-state index >= 15 is 0 Å². The van der Waals surface area contributed by atoms with E-state index < -0.39 is 5.97 Å². The number of aryl methyl sites for hydroxylation is 1. The molecule has 5 nitrogen and oxygen atoms in total. The summed E-state index contributed by atoms with van der Waals surface area (Å²) in [5.74, 6) is -0.0730. The maximum absolute atomic E-state index is 11.0. The molecule has 0 fully saturated rings. The molecule has 2 N–H and O–H groups in total. The van der Waals surface area contributed by atoms with Gasteiger partial charge in [-0.2, -0.15) is 0 Å². The van der Waals surface area contributed by atoms with Crippen LogP contribution in [0.25, 0.3) is 0 Å². The van der Waals surface area contributed by atoms with Crippen LogP contribution < -0.4 is 0 Å². The van der Waals surface area contributed by atoms with E-state index in [0.717, 1.165) is 21.6 Å². The zero-order valence-electron chi connectivity index (χ0n) is 11.1. The Kier molecular flexibility index (Phi) is 4.92. The molecule has 0 spiro atoms. The molecule has 0 aliphatic carbocycles. The Hall–Kier alpha value is -1.66. The lowest BCUT2D eigenvalue weighted by atomic mass is 10.2. The molecule has 0 aliphatic heterocycles. The van der Waals surface area contributed by atoms with Crippen molar-refractivity contribution < 1.29 is 9.90 Å². The van der Waals surface area contributed by atoms with Crippen molar-refractivity contribution in [3.05, 3.63) is 52.0 Å². The number of carboxylic acid groups (broad SMARTS) is 1. The summed E-state index contributed by atoms with van der Waals surface area (Å²) in [7, 11) is 0. The summed E-state index contributed by atoms with van der Waals surface area (Å²) in [5.41, 5.74) is 2.02. The van der Waals surface area contributed by atoms with Crippen LogP contribution in [0.3, 0.4) is 0 Å². The summed E-state index contributed by atoms with van der Waals surface area (Å²) >= 11 is 3.48. The Morgan fingerprint density at radius 1 is 1.40 bits per heavy atom. The summed E-state index contributed by atoms with van der Waals surface area (Å²) in [4.78, 5) is 20.2. The van der Waals surface area contributed by atoms with Gasteiger partial charge in [0.05, 0.1) is 13.1 Å². The molecule has 2 aromatic rings. The Labute approximate surface area is 125 Å². The van der Waals surface area contributed by atoms with Gasteiger partial charge in [-0.05, 0) is 18.6 Å². The fourth-order valence-electron chi connectivity index (χ4n) is 1.99. The van der Waals surface area contributed by atoms with Crippen LogP contribution in [0.2, 0.25) is 0 Å². The molecule has 0 amide bonds. The number of aliphatic carboxylic acids is 1. The van der Waals surface area contributed by atoms with Crippen molar-refractivity contribution in [2.24, 2.45) is 0 Å². The molecule has 0 atom stereocenters. The summed E-state index contributed by atoms with van der Waals surface area (Å²) in [6.45, 7) is 2.92. The van der Waals surface area contributed by atoms with E-state index in [1.54, 1.807) is 6.20 Å². The number of nitrogens with one attached hydrogen (secondary N) is 1. The lowest BCUT2D eigenvalue weighted by Gasteiger charge is -2.19. The van der Waals surface area contributed by atoms with E-state index in [9.17, 15) is 4.79 Å². The summed E-state index contributed by atoms with van der Waals surface area (Å²) in [6.07, 6.45) is 1.74. The van der Waals surface area contributed by atoms with Crippen LogP contribution in [0.4, 0.5) is 0 Å². The fraction of sp³-hybridized carbons (Fsp3) is 0.286. The second kappa shape index (κ2) is 6.67. The molecule has 0 saturated heterocycles. The number of aromatic amines is 1. The third-order valence-electron chi connectivity index (χ3n) is 2.84. The molecule has 0 radical (unpaired) electrons. The van der Waals surface area contributed by atoms with Gasteiger partial charge in [0, 0.05) is 22.9 Å². The highest BCUT2D eigenvalue weighted by Gasteiger charge is 2.14. The van der Waals surface area contributed by atoms with Crippen molar-refractivity contribution >= 4 is 21.9 Å². The summed E-state index contributed by atoms with van der Waals surface area (Å²) < 4.78 is 0.978. The molecule has 0 bridgehead atoms. The van der Waals surface area contributed by atoms with E-state index in [4.69, 9.17) is 5.11 Å². The molecule has 0 saturated carbocycles. The van der Waals surface area contributed by atoms with Gasteiger partial charge < -0.3 is 10.1 Å². The van der Waals surface area contributed by atoms with Gasteiger partial charge in [0.15, 0.2) is 0 Å². The van der Waals surface area contributed by atoms with Crippen LogP contribution in [-0.2, 0) is 17.9 Å². The molecule has 0 unspecified atom stereocenters. The Morgan fingerprint density at radius 3 is 2.75 bits per heavy atom. The highest BCUT2D eigenvalue weighted by Crippen LogP contribution is 2.18. The third kappa shape index (κ3) is 4.18. The lowest BCUT2D eigenvalue weighted by molar-refractivity contribution is -0.138. The van der Waals surface area contributed by atoms with Crippen LogP contribution in [-0.4, -0.2) is 32.5 Å². The SMILES string of the molecule is Cc1cnc(CN(CC(=O)O)Cc2ccccc2Br)[nH]1. The van der Waals surface area contributed by atoms with E-state index in [1.807, 2.05) is 36.1 Å². The minimum Gasteiger partial charge on any atom is -0.480 e. The number of aromatic nitrogens is 2. The van der Waals surface area contributed by atoms with Crippen molar-refractivity contribution in [1.82, 2.24) is 14.9 Å². The maximum Gasteiger partial charge on any atom is 0.317 e. The van der Waals surface area contributed by atoms with Crippen LogP contribution in [0.1, 0.15) is 17.1 Å². The largest absolute Gasteiger partial charge is 0.480 e. The van der Waals surface area contributed by atoms with E-state index in [1.165, 1.54) is 0 Å². The van der Waals surface area contributed by atoms with Gasteiger partial charge in [0.25, 0.3) is 0 Å². The van der Waals surface area contributed by atoms with Crippen molar-refractivity contribution in [3.8, 4) is 0 Å². The predicted molar refractivity (Wildman–Crippen MR) is 79.2 cm³/mol. The first kappa shape index (κ1) is 14.7. The standard InChI is InChI=1S/C14H16BrN3O2/c1-10-6-16-13(17-10)8-18(9-14(19)20)7-11-4-2-3-5-12(11)15/h2-6H,7-9H2,1H3,(H,16,17)(H,19,20). The van der Waals surface area contributed by atoms with Crippen LogP contribution in [0.15, 0.2) is 34.9 Å². The zero-order chi connectivity index (χ0) is 14.5. The fourth-order valence-corrected chi connectivity index (χ4v) is 2.40. The van der Waals surface area contributed by atoms with Crippen molar-refractivity contribution in [2.45, 2.75) is 20.0 Å². The molecule has 1 heterocycles. The molecule has 6 heteroatoms. The number of hydrogen-bond donors (Lipinski definition) is 2. The molecule has 1 aromatic carbocycles. The van der Waals surface area contributed by atoms with Gasteiger partial charge in [-0.25, -0.2) is 4.98 Å². The second-order valence-electron chi connectivity index (χ2n) is 4.64. The number of nitrogens with zero attached hydrogens (tertiary/aromatic N) is 2. The molecule has 20 heavy (non-hydrogen) atoms. The van der Waals surface area contributed by atoms with Crippen molar-refractivity contribution in [3.63, 3.8) is 0 Å². The molecule has 1 aromatic heterocycles. The first-order chi connectivity index (χ1) is 9.54. The number of imidazole rings is 1. The minimum absolute atomic E-state index is 0.0267. The van der Waals surface area contributed by atoms with Gasteiger partial charge in [-0.15, -0.1) is 0 Å². The quantitative estimate of drug-likeness (QED) is 0.849. The Bertz CT molecular complexity index is 598. The average molecular weight is 338 g/mol. The van der Waals surface area contributed by atoms with Gasteiger partial charge in [0.1, 0.15) is 5.82 Å². The number of rotatable bonds is 6. The Morgan fingerprint density at radius 2 is 2.15 bits per heavy atom. The molecule has 106 valence electrons. The number of benzene rings is 1. The highest BCUT2D eigenvalue weighted by molar-refractivity contribution is 9.10. The van der Waals surface area contributed by atoms with Crippen molar-refractivity contribution in [1.29, 1.82) is 0 Å². The number of carbonyl (C=O) groups is 1. The number of H-pyrrole nitrogens is 1. The third-order valence-corrected chi connectivity index (χ3v) is 3.61. The van der Waals surface area contributed by atoms with Crippen molar-refractivity contribution in [2.75, 3.05) is 6.54 Å². The molecule has 0 aliphatic rings. The number of hydrogen-bond acceptors (Lipinski definition) is 3. The van der Waals surface area contributed by atoms with Crippen LogP contribution >= 0.6 is 15.9 Å². The van der Waals surface area contributed by atoms with E-state index in [-0.39, 0.29) is 6.54 Å². The first-order valence-electron chi connectivity index (χ1n) is 6.22. The van der Waals surface area contributed by atoms with Gasteiger partial charge in [-0.1, -0.05) is 34.1 Å². The zero-order valence-corrected chi connectivity index (χ0v) is 12.7. The first-order valence-corrected chi connectivity index (χ1v) is 7.02. The Balaban J connectivity index is 2.11. The monoisotopic (exact) mass is 337 g/mol. The molecule has 2 rings (SSSR count). The average Bonchev–Trinajstić information content (AvgIpc) is 2.77. The van der Waals surface area contributed by atoms with Gasteiger partial charge in [0.2, 0.25) is 0 Å². The smallest absolute Gasteiger partial charge is 0.317 e. The van der Waals surface area contributed by atoms with E-state index in [0.29, 0.717) is 13.1 Å². The molecular formula is C14H16BrN3O2.